The number of nitrogens with two attached hydrogens (primary N) is 1. The van der Waals surface area contributed by atoms with E-state index in [0.717, 1.165) is 25.0 Å². The van der Waals surface area contributed by atoms with Gasteiger partial charge in [-0.3, -0.25) is 0 Å². The fraction of sp³-hybridized carbons (Fsp3) is 0.357. The predicted molar refractivity (Wildman–Crippen MR) is 70.0 cm³/mol. The summed E-state index contributed by atoms with van der Waals surface area (Å²) in [5.74, 6) is 0.0513. The quantitative estimate of drug-likeness (QED) is 0.911. The molecule has 0 aliphatic carbocycles. The SMILES string of the molecule is CCCCc1noc(N)c1-c1cccc(C(F)(F)F)c1. The van der Waals surface area contributed by atoms with Crippen LogP contribution in [0.5, 0.6) is 0 Å². The summed E-state index contributed by atoms with van der Waals surface area (Å²) in [5, 5.41) is 3.84. The lowest BCUT2D eigenvalue weighted by atomic mass is 10.0. The Morgan fingerprint density at radius 3 is 2.70 bits per heavy atom. The molecular formula is C14H15F3N2O. The Labute approximate surface area is 114 Å². The van der Waals surface area contributed by atoms with Crippen LogP contribution in [0, 0.1) is 0 Å². The lowest BCUT2D eigenvalue weighted by Gasteiger charge is -2.08. The van der Waals surface area contributed by atoms with Gasteiger partial charge in [0, 0.05) is 0 Å². The number of anilines is 1. The van der Waals surface area contributed by atoms with Crippen molar-refractivity contribution in [3.63, 3.8) is 0 Å². The zero-order valence-corrected chi connectivity index (χ0v) is 11.0. The highest BCUT2D eigenvalue weighted by Gasteiger charge is 2.31. The number of nitrogens with zero attached hydrogens (tertiary/aromatic N) is 1. The Balaban J connectivity index is 2.43. The fourth-order valence-electron chi connectivity index (χ4n) is 2.01. The monoisotopic (exact) mass is 284 g/mol. The summed E-state index contributed by atoms with van der Waals surface area (Å²) in [6, 6.07) is 5.03. The highest BCUT2D eigenvalue weighted by molar-refractivity contribution is 5.75. The number of alkyl halides is 3. The molecule has 0 fully saturated rings. The molecule has 108 valence electrons. The maximum Gasteiger partial charge on any atom is 0.416 e. The van der Waals surface area contributed by atoms with Crippen molar-refractivity contribution in [3.8, 4) is 11.1 Å². The van der Waals surface area contributed by atoms with Gasteiger partial charge in [-0.15, -0.1) is 0 Å². The summed E-state index contributed by atoms with van der Waals surface area (Å²) in [5.41, 5.74) is 6.43. The summed E-state index contributed by atoms with van der Waals surface area (Å²) in [6.07, 6.45) is -1.93. The number of aryl methyl sites for hydroxylation is 1. The topological polar surface area (TPSA) is 52.0 Å². The van der Waals surface area contributed by atoms with Gasteiger partial charge in [0.2, 0.25) is 5.88 Å². The van der Waals surface area contributed by atoms with Crippen LogP contribution in [-0.2, 0) is 12.6 Å². The summed E-state index contributed by atoms with van der Waals surface area (Å²) in [7, 11) is 0. The minimum atomic E-state index is -4.38. The molecule has 1 heterocycles. The lowest BCUT2D eigenvalue weighted by Crippen LogP contribution is -2.04. The Morgan fingerprint density at radius 1 is 1.30 bits per heavy atom. The zero-order valence-electron chi connectivity index (χ0n) is 11.0. The van der Waals surface area contributed by atoms with Crippen LogP contribution in [0.25, 0.3) is 11.1 Å². The van der Waals surface area contributed by atoms with Crippen molar-refractivity contribution in [3.05, 3.63) is 35.5 Å². The second-order valence-electron chi connectivity index (χ2n) is 4.55. The van der Waals surface area contributed by atoms with E-state index in [1.165, 1.54) is 6.07 Å². The Hall–Kier alpha value is -1.98. The summed E-state index contributed by atoms with van der Waals surface area (Å²) >= 11 is 0. The van der Waals surface area contributed by atoms with Crippen molar-refractivity contribution < 1.29 is 17.7 Å². The van der Waals surface area contributed by atoms with Crippen LogP contribution in [0.4, 0.5) is 19.1 Å². The van der Waals surface area contributed by atoms with Crippen molar-refractivity contribution in [2.24, 2.45) is 0 Å². The highest BCUT2D eigenvalue weighted by Crippen LogP contribution is 2.35. The molecular weight excluding hydrogens is 269 g/mol. The summed E-state index contributed by atoms with van der Waals surface area (Å²) < 4.78 is 43.1. The number of benzene rings is 1. The number of aromatic nitrogens is 1. The van der Waals surface area contributed by atoms with Gasteiger partial charge >= 0.3 is 6.18 Å². The van der Waals surface area contributed by atoms with Gasteiger partial charge in [0.25, 0.3) is 0 Å². The molecule has 20 heavy (non-hydrogen) atoms. The van der Waals surface area contributed by atoms with E-state index in [1.807, 2.05) is 6.92 Å². The van der Waals surface area contributed by atoms with E-state index < -0.39 is 11.7 Å². The first-order valence-corrected chi connectivity index (χ1v) is 6.35. The molecule has 0 spiro atoms. The van der Waals surface area contributed by atoms with Gasteiger partial charge in [-0.2, -0.15) is 13.2 Å². The van der Waals surface area contributed by atoms with E-state index in [2.05, 4.69) is 5.16 Å². The molecule has 0 amide bonds. The molecule has 0 atom stereocenters. The molecule has 1 aromatic heterocycles. The van der Waals surface area contributed by atoms with Gasteiger partial charge in [0.05, 0.1) is 16.8 Å². The molecule has 2 aromatic rings. The Morgan fingerprint density at radius 2 is 2.05 bits per heavy atom. The van der Waals surface area contributed by atoms with E-state index in [9.17, 15) is 13.2 Å². The number of unbranched alkanes of at least 4 members (excludes halogenated alkanes) is 1. The molecule has 2 N–H and O–H groups in total. The molecule has 0 aliphatic rings. The van der Waals surface area contributed by atoms with Gasteiger partial charge in [0.15, 0.2) is 0 Å². The normalized spacial score (nSPS) is 11.8. The second-order valence-corrected chi connectivity index (χ2v) is 4.55. The van der Waals surface area contributed by atoms with Crippen LogP contribution >= 0.6 is 0 Å². The van der Waals surface area contributed by atoms with Crippen molar-refractivity contribution in [2.75, 3.05) is 5.73 Å². The molecule has 0 saturated heterocycles. The maximum atomic E-state index is 12.7. The largest absolute Gasteiger partial charge is 0.416 e. The number of rotatable bonds is 4. The average Bonchev–Trinajstić information content (AvgIpc) is 2.76. The molecule has 6 heteroatoms. The Kier molecular flexibility index (Phi) is 4.01. The molecule has 0 radical (unpaired) electrons. The molecule has 0 aliphatic heterocycles. The van der Waals surface area contributed by atoms with Gasteiger partial charge in [-0.1, -0.05) is 30.6 Å². The molecule has 2 rings (SSSR count). The van der Waals surface area contributed by atoms with Crippen molar-refractivity contribution >= 4 is 5.88 Å². The number of hydrogen-bond donors (Lipinski definition) is 1. The van der Waals surface area contributed by atoms with Gasteiger partial charge in [-0.25, -0.2) is 0 Å². The standard InChI is InChI=1S/C14H15F3N2O/c1-2-3-7-11-12(13(18)20-19-11)9-5-4-6-10(8-9)14(15,16)17/h4-6,8H,2-3,7,18H2,1H3. The molecule has 3 nitrogen and oxygen atoms in total. The van der Waals surface area contributed by atoms with Crippen LogP contribution in [0.2, 0.25) is 0 Å². The van der Waals surface area contributed by atoms with Gasteiger partial charge in [0.1, 0.15) is 0 Å². The average molecular weight is 284 g/mol. The summed E-state index contributed by atoms with van der Waals surface area (Å²) in [6.45, 7) is 2.02. The highest BCUT2D eigenvalue weighted by atomic mass is 19.4. The smallest absolute Gasteiger partial charge is 0.367 e. The molecule has 0 unspecified atom stereocenters. The van der Waals surface area contributed by atoms with Crippen LogP contribution in [-0.4, -0.2) is 5.16 Å². The fourth-order valence-corrected chi connectivity index (χ4v) is 2.01. The van der Waals surface area contributed by atoms with Gasteiger partial charge in [-0.05, 0) is 30.5 Å². The molecule has 0 saturated carbocycles. The van der Waals surface area contributed by atoms with E-state index in [4.69, 9.17) is 10.3 Å². The lowest BCUT2D eigenvalue weighted by molar-refractivity contribution is -0.137. The first-order chi connectivity index (χ1) is 9.43. The predicted octanol–water partition coefficient (Wildman–Crippen LogP) is 4.29. The number of halogens is 3. The first-order valence-electron chi connectivity index (χ1n) is 6.35. The summed E-state index contributed by atoms with van der Waals surface area (Å²) in [4.78, 5) is 0. The van der Waals surface area contributed by atoms with Crippen LogP contribution in [0.15, 0.2) is 28.8 Å². The molecule has 1 aromatic carbocycles. The first kappa shape index (κ1) is 14.4. The van der Waals surface area contributed by atoms with Crippen LogP contribution in [0.3, 0.4) is 0 Å². The van der Waals surface area contributed by atoms with Crippen molar-refractivity contribution in [2.45, 2.75) is 32.4 Å². The minimum Gasteiger partial charge on any atom is -0.367 e. The van der Waals surface area contributed by atoms with E-state index in [0.29, 0.717) is 23.2 Å². The van der Waals surface area contributed by atoms with Gasteiger partial charge < -0.3 is 10.3 Å². The van der Waals surface area contributed by atoms with Crippen molar-refractivity contribution in [1.29, 1.82) is 0 Å². The van der Waals surface area contributed by atoms with E-state index >= 15 is 0 Å². The van der Waals surface area contributed by atoms with E-state index in [1.54, 1.807) is 6.07 Å². The minimum absolute atomic E-state index is 0.0513. The van der Waals surface area contributed by atoms with Crippen LogP contribution in [0.1, 0.15) is 31.0 Å². The number of nitrogen functional groups attached to an aromatic ring is 1. The van der Waals surface area contributed by atoms with E-state index in [-0.39, 0.29) is 5.88 Å². The molecule has 0 bridgehead atoms. The maximum absolute atomic E-state index is 12.7. The third-order valence-corrected chi connectivity index (χ3v) is 3.03. The Bertz CT molecular complexity index is 590. The number of hydrogen-bond acceptors (Lipinski definition) is 3. The second kappa shape index (κ2) is 5.56. The zero-order chi connectivity index (χ0) is 14.8. The van der Waals surface area contributed by atoms with Crippen LogP contribution < -0.4 is 5.73 Å². The van der Waals surface area contributed by atoms with Crippen molar-refractivity contribution in [1.82, 2.24) is 5.16 Å². The third kappa shape index (κ3) is 2.95. The third-order valence-electron chi connectivity index (χ3n) is 3.03.